The lowest BCUT2D eigenvalue weighted by molar-refractivity contribution is 0.0983. The Balaban J connectivity index is 1.72. The number of pyridine rings is 2. The first kappa shape index (κ1) is 20.8. The molecular formula is C26H27N3O2. The first-order valence-electron chi connectivity index (χ1n) is 10.6. The molecule has 3 heterocycles. The predicted molar refractivity (Wildman–Crippen MR) is 124 cm³/mol. The lowest BCUT2D eigenvalue weighted by Crippen LogP contribution is -2.17. The zero-order chi connectivity index (χ0) is 22.1. The maximum Gasteiger partial charge on any atom is 0.251 e. The lowest BCUT2D eigenvalue weighted by Gasteiger charge is -2.18. The van der Waals surface area contributed by atoms with Gasteiger partial charge in [0, 0.05) is 40.5 Å². The third-order valence-corrected chi connectivity index (χ3v) is 6.10. The maximum absolute atomic E-state index is 13.4. The zero-order valence-corrected chi connectivity index (χ0v) is 18.4. The van der Waals surface area contributed by atoms with Crippen molar-refractivity contribution in [3.8, 4) is 0 Å². The van der Waals surface area contributed by atoms with Gasteiger partial charge in [0.1, 0.15) is 0 Å². The number of aryl methyl sites for hydroxylation is 2. The van der Waals surface area contributed by atoms with Crippen molar-refractivity contribution < 1.29 is 4.79 Å². The third kappa shape index (κ3) is 3.83. The van der Waals surface area contributed by atoms with E-state index in [0.29, 0.717) is 12.0 Å². The van der Waals surface area contributed by atoms with Crippen LogP contribution < -0.4 is 5.56 Å². The van der Waals surface area contributed by atoms with Gasteiger partial charge in [-0.3, -0.25) is 14.6 Å². The largest absolute Gasteiger partial charge is 0.336 e. The highest BCUT2D eigenvalue weighted by Crippen LogP contribution is 2.32. The molecule has 0 spiro atoms. The Labute approximate surface area is 181 Å². The molecule has 0 fully saturated rings. The van der Waals surface area contributed by atoms with Crippen LogP contribution in [0.1, 0.15) is 57.8 Å². The smallest absolute Gasteiger partial charge is 0.251 e. The van der Waals surface area contributed by atoms with Crippen LogP contribution in [-0.2, 0) is 6.42 Å². The minimum absolute atomic E-state index is 0.0482. The number of nitrogens with zero attached hydrogens (tertiary/aromatic N) is 2. The van der Waals surface area contributed by atoms with Gasteiger partial charge < -0.3 is 9.55 Å². The molecule has 4 rings (SSSR count). The average Bonchev–Trinajstić information content (AvgIpc) is 3.04. The number of Topliss-reactive ketones (excluding diaryl/α,β-unsaturated/α-hetero) is 1. The van der Waals surface area contributed by atoms with Crippen molar-refractivity contribution in [3.63, 3.8) is 0 Å². The van der Waals surface area contributed by atoms with E-state index in [0.717, 1.165) is 33.4 Å². The fourth-order valence-corrected chi connectivity index (χ4v) is 4.57. The molecular weight excluding hydrogens is 386 g/mol. The molecule has 31 heavy (non-hydrogen) atoms. The number of nitrogens with one attached hydrogen (secondary N) is 1. The molecule has 0 bridgehead atoms. The van der Waals surface area contributed by atoms with Crippen LogP contribution in [0.15, 0.2) is 59.7 Å². The number of aromatic amines is 1. The second-order valence-electron chi connectivity index (χ2n) is 8.18. The van der Waals surface area contributed by atoms with Gasteiger partial charge in [0.2, 0.25) is 0 Å². The highest BCUT2D eigenvalue weighted by atomic mass is 16.1. The molecule has 4 aromatic rings. The topological polar surface area (TPSA) is 67.8 Å². The van der Waals surface area contributed by atoms with E-state index in [-0.39, 0.29) is 23.8 Å². The van der Waals surface area contributed by atoms with Crippen LogP contribution in [0, 0.1) is 20.8 Å². The Kier molecular flexibility index (Phi) is 5.59. The number of hydrogen-bond acceptors (Lipinski definition) is 3. The number of benzene rings is 1. The van der Waals surface area contributed by atoms with Gasteiger partial charge in [-0.15, -0.1) is 0 Å². The van der Waals surface area contributed by atoms with Gasteiger partial charge in [-0.2, -0.15) is 0 Å². The average molecular weight is 414 g/mol. The Morgan fingerprint density at radius 1 is 1.13 bits per heavy atom. The van der Waals surface area contributed by atoms with Crippen molar-refractivity contribution >= 4 is 16.7 Å². The zero-order valence-electron chi connectivity index (χ0n) is 18.4. The normalized spacial score (nSPS) is 12.3. The molecule has 0 amide bonds. The Morgan fingerprint density at radius 3 is 2.58 bits per heavy atom. The van der Waals surface area contributed by atoms with E-state index in [9.17, 15) is 9.59 Å². The van der Waals surface area contributed by atoms with Gasteiger partial charge in [-0.1, -0.05) is 30.3 Å². The Hall–Kier alpha value is -3.47. The van der Waals surface area contributed by atoms with E-state index in [4.69, 9.17) is 0 Å². The van der Waals surface area contributed by atoms with Crippen molar-refractivity contribution in [1.29, 1.82) is 0 Å². The summed E-state index contributed by atoms with van der Waals surface area (Å²) < 4.78 is 2.19. The summed E-state index contributed by atoms with van der Waals surface area (Å²) >= 11 is 0. The van der Waals surface area contributed by atoms with E-state index in [2.05, 4.69) is 33.6 Å². The van der Waals surface area contributed by atoms with E-state index in [1.165, 1.54) is 5.56 Å². The summed E-state index contributed by atoms with van der Waals surface area (Å²) in [6, 6.07) is 14.2. The van der Waals surface area contributed by atoms with Crippen molar-refractivity contribution in [2.45, 2.75) is 46.6 Å². The maximum atomic E-state index is 13.4. The molecule has 0 aliphatic rings. The second-order valence-corrected chi connectivity index (χ2v) is 8.18. The van der Waals surface area contributed by atoms with E-state index >= 15 is 0 Å². The van der Waals surface area contributed by atoms with E-state index < -0.39 is 0 Å². The standard InChI is InChI=1S/C26H27N3O2/c1-16-14-17(2)28-26(31)21(16)10-11-24(30)25-19(4)29(23-15-27-13-12-22(23)25)18(3)20-8-6-5-7-9-20/h5-9,12-15,18H,10-11H2,1-4H3,(H,28,31). The van der Waals surface area contributed by atoms with Crippen molar-refractivity contribution in [2.24, 2.45) is 0 Å². The fourth-order valence-electron chi connectivity index (χ4n) is 4.57. The molecule has 1 atom stereocenters. The second kappa shape index (κ2) is 8.34. The third-order valence-electron chi connectivity index (χ3n) is 6.10. The molecule has 1 N–H and O–H groups in total. The molecule has 5 nitrogen and oxygen atoms in total. The van der Waals surface area contributed by atoms with Crippen LogP contribution in [0.5, 0.6) is 0 Å². The monoisotopic (exact) mass is 413 g/mol. The Morgan fingerprint density at radius 2 is 1.87 bits per heavy atom. The number of aromatic nitrogens is 3. The summed E-state index contributed by atoms with van der Waals surface area (Å²) in [5.74, 6) is 0.0482. The lowest BCUT2D eigenvalue weighted by atomic mass is 9.99. The summed E-state index contributed by atoms with van der Waals surface area (Å²) in [7, 11) is 0. The minimum atomic E-state index is -0.105. The summed E-state index contributed by atoms with van der Waals surface area (Å²) in [6.45, 7) is 7.92. The molecule has 5 heteroatoms. The summed E-state index contributed by atoms with van der Waals surface area (Å²) in [5.41, 5.74) is 6.11. The number of carbonyl (C=O) groups excluding carboxylic acids is 1. The number of fused-ring (bicyclic) bond motifs is 1. The Bertz CT molecular complexity index is 1320. The number of hydrogen-bond donors (Lipinski definition) is 1. The van der Waals surface area contributed by atoms with Crippen molar-refractivity contribution in [2.75, 3.05) is 0 Å². The van der Waals surface area contributed by atoms with Crippen molar-refractivity contribution in [1.82, 2.24) is 14.5 Å². The van der Waals surface area contributed by atoms with Gasteiger partial charge >= 0.3 is 0 Å². The first-order valence-corrected chi connectivity index (χ1v) is 10.6. The van der Waals surface area contributed by atoms with Crippen LogP contribution in [0.3, 0.4) is 0 Å². The predicted octanol–water partition coefficient (Wildman–Crippen LogP) is 5.07. The summed E-state index contributed by atoms with van der Waals surface area (Å²) in [6.07, 6.45) is 4.26. The minimum Gasteiger partial charge on any atom is -0.336 e. The number of H-pyrrole nitrogens is 1. The molecule has 0 aliphatic carbocycles. The molecule has 1 unspecified atom stereocenters. The quantitative estimate of drug-likeness (QED) is 0.449. The highest BCUT2D eigenvalue weighted by Gasteiger charge is 2.23. The van der Waals surface area contributed by atoms with E-state index in [1.807, 2.05) is 57.3 Å². The van der Waals surface area contributed by atoms with Gasteiger partial charge in [-0.05, 0) is 57.4 Å². The van der Waals surface area contributed by atoms with Gasteiger partial charge in [-0.25, -0.2) is 0 Å². The van der Waals surface area contributed by atoms with Crippen LogP contribution in [-0.4, -0.2) is 20.3 Å². The van der Waals surface area contributed by atoms with Crippen molar-refractivity contribution in [3.05, 3.63) is 98.9 Å². The van der Waals surface area contributed by atoms with Gasteiger partial charge in [0.05, 0.1) is 17.8 Å². The van der Waals surface area contributed by atoms with Crippen LogP contribution in [0.2, 0.25) is 0 Å². The fraction of sp³-hybridized carbons (Fsp3) is 0.269. The van der Waals surface area contributed by atoms with Crippen LogP contribution in [0.4, 0.5) is 0 Å². The SMILES string of the molecule is Cc1cc(C)c(CCC(=O)c2c(C)n(C(C)c3ccccc3)c3cnccc23)c(=O)[nH]1. The van der Waals surface area contributed by atoms with E-state index in [1.54, 1.807) is 6.20 Å². The highest BCUT2D eigenvalue weighted by molar-refractivity contribution is 6.09. The molecule has 1 aromatic carbocycles. The molecule has 0 aliphatic heterocycles. The molecule has 0 saturated carbocycles. The van der Waals surface area contributed by atoms with Crippen LogP contribution >= 0.6 is 0 Å². The van der Waals surface area contributed by atoms with Crippen LogP contribution in [0.25, 0.3) is 10.9 Å². The molecule has 3 aromatic heterocycles. The van der Waals surface area contributed by atoms with Gasteiger partial charge in [0.15, 0.2) is 5.78 Å². The number of rotatable bonds is 6. The first-order chi connectivity index (χ1) is 14.9. The number of ketones is 1. The van der Waals surface area contributed by atoms with Gasteiger partial charge in [0.25, 0.3) is 5.56 Å². The molecule has 158 valence electrons. The number of carbonyl (C=O) groups is 1. The molecule has 0 saturated heterocycles. The summed E-state index contributed by atoms with van der Waals surface area (Å²) in [4.78, 5) is 32.9. The summed E-state index contributed by atoms with van der Waals surface area (Å²) in [5, 5.41) is 0.912. The molecule has 0 radical (unpaired) electrons.